The van der Waals surface area contributed by atoms with Crippen molar-refractivity contribution in [2.45, 2.75) is 51.4 Å². The number of hydrazone groups is 1. The van der Waals surface area contributed by atoms with Crippen LogP contribution in [0.25, 0.3) is 0 Å². The van der Waals surface area contributed by atoms with Gasteiger partial charge in [-0.1, -0.05) is 35.9 Å². The van der Waals surface area contributed by atoms with Crippen molar-refractivity contribution < 1.29 is 19.4 Å². The summed E-state index contributed by atoms with van der Waals surface area (Å²) in [5, 5.41) is 15.2. The number of rotatable bonds is 8. The van der Waals surface area contributed by atoms with Crippen LogP contribution in [0.2, 0.25) is 5.02 Å². The topological polar surface area (TPSA) is 80.2 Å². The summed E-state index contributed by atoms with van der Waals surface area (Å²) >= 11 is 7.91. The van der Waals surface area contributed by atoms with Gasteiger partial charge in [-0.3, -0.25) is 4.79 Å². The minimum atomic E-state index is -0.536. The standard InChI is InChI=1S/C27H29ClN2O4S/c1-3-33-22-8-5-18(6-9-22)12-20-13-19(7-10-24(20)28)25-15-21(31)14-23(34-25)16-29-30-27(32)26-11-4-17(2)35-26/h4-11,13,16,21,23,25,31H,3,12,14-15H2,1-2H3,(H,30,32). The fourth-order valence-corrected chi connectivity index (χ4v) is 5.00. The third-order valence-electron chi connectivity index (χ3n) is 5.77. The van der Waals surface area contributed by atoms with Crippen LogP contribution < -0.4 is 10.2 Å². The maximum Gasteiger partial charge on any atom is 0.281 e. The third kappa shape index (κ3) is 6.92. The summed E-state index contributed by atoms with van der Waals surface area (Å²) in [4.78, 5) is 13.9. The maximum absolute atomic E-state index is 12.2. The van der Waals surface area contributed by atoms with Crippen molar-refractivity contribution in [2.24, 2.45) is 5.10 Å². The molecule has 0 spiro atoms. The molecule has 2 aromatic carbocycles. The number of halogens is 1. The maximum atomic E-state index is 12.2. The number of nitrogens with one attached hydrogen (secondary N) is 1. The number of ether oxygens (including phenoxy) is 2. The Morgan fingerprint density at radius 3 is 2.74 bits per heavy atom. The van der Waals surface area contributed by atoms with Crippen LogP contribution in [0.15, 0.2) is 59.7 Å². The molecule has 1 aliphatic rings. The van der Waals surface area contributed by atoms with Crippen LogP contribution in [0.3, 0.4) is 0 Å². The molecule has 1 aliphatic heterocycles. The van der Waals surface area contributed by atoms with E-state index in [0.717, 1.165) is 27.3 Å². The van der Waals surface area contributed by atoms with E-state index in [1.54, 1.807) is 12.3 Å². The van der Waals surface area contributed by atoms with Crippen LogP contribution in [0.4, 0.5) is 0 Å². The van der Waals surface area contributed by atoms with E-state index < -0.39 is 12.2 Å². The summed E-state index contributed by atoms with van der Waals surface area (Å²) in [7, 11) is 0. The summed E-state index contributed by atoms with van der Waals surface area (Å²) in [6.07, 6.45) is 1.86. The highest BCUT2D eigenvalue weighted by atomic mass is 35.5. The first-order valence-corrected chi connectivity index (χ1v) is 12.8. The largest absolute Gasteiger partial charge is 0.494 e. The van der Waals surface area contributed by atoms with Crippen LogP contribution in [0, 0.1) is 6.92 Å². The van der Waals surface area contributed by atoms with Gasteiger partial charge in [0.05, 0.1) is 36.0 Å². The molecule has 2 N–H and O–H groups in total. The summed E-state index contributed by atoms with van der Waals surface area (Å²) in [5.74, 6) is 0.582. The molecule has 1 fully saturated rings. The van der Waals surface area contributed by atoms with Gasteiger partial charge in [-0.05, 0) is 67.3 Å². The number of carbonyl (C=O) groups excluding carboxylic acids is 1. The highest BCUT2D eigenvalue weighted by Gasteiger charge is 2.29. The van der Waals surface area contributed by atoms with E-state index in [9.17, 15) is 9.90 Å². The Morgan fingerprint density at radius 1 is 1.23 bits per heavy atom. The van der Waals surface area contributed by atoms with Gasteiger partial charge in [0.15, 0.2) is 0 Å². The average molecular weight is 513 g/mol. The molecule has 35 heavy (non-hydrogen) atoms. The van der Waals surface area contributed by atoms with Gasteiger partial charge in [0.1, 0.15) is 5.75 Å². The molecule has 8 heteroatoms. The highest BCUT2D eigenvalue weighted by Crippen LogP contribution is 2.33. The third-order valence-corrected chi connectivity index (χ3v) is 7.14. The first-order chi connectivity index (χ1) is 16.9. The Hall–Kier alpha value is -2.71. The van der Waals surface area contributed by atoms with E-state index in [0.29, 0.717) is 35.8 Å². The second-order valence-electron chi connectivity index (χ2n) is 8.52. The molecular formula is C27H29ClN2O4S. The van der Waals surface area contributed by atoms with Crippen LogP contribution in [0.5, 0.6) is 5.75 Å². The Balaban J connectivity index is 1.41. The smallest absolute Gasteiger partial charge is 0.281 e. The average Bonchev–Trinajstić information content (AvgIpc) is 3.28. The fourth-order valence-electron chi connectivity index (χ4n) is 4.06. The van der Waals surface area contributed by atoms with Crippen LogP contribution in [0.1, 0.15) is 57.1 Å². The highest BCUT2D eigenvalue weighted by molar-refractivity contribution is 7.13. The molecule has 0 radical (unpaired) electrons. The number of aliphatic hydroxyl groups excluding tert-OH is 1. The number of benzene rings is 2. The van der Waals surface area contributed by atoms with Crippen molar-refractivity contribution >= 4 is 35.1 Å². The summed E-state index contributed by atoms with van der Waals surface area (Å²) < 4.78 is 11.7. The second kappa shape index (κ2) is 11.8. The molecule has 184 valence electrons. The first-order valence-electron chi connectivity index (χ1n) is 11.6. The minimum absolute atomic E-state index is 0.260. The first kappa shape index (κ1) is 25.4. The monoisotopic (exact) mass is 512 g/mol. The van der Waals surface area contributed by atoms with Crippen LogP contribution in [-0.2, 0) is 11.2 Å². The molecule has 3 unspecified atom stereocenters. The Morgan fingerprint density at radius 2 is 2.03 bits per heavy atom. The molecule has 1 aromatic heterocycles. The Labute approximate surface area is 214 Å². The molecule has 1 saturated heterocycles. The lowest BCUT2D eigenvalue weighted by molar-refractivity contribution is -0.0681. The zero-order valence-electron chi connectivity index (χ0n) is 19.7. The molecule has 0 bridgehead atoms. The van der Waals surface area contributed by atoms with Gasteiger partial charge in [0, 0.05) is 22.7 Å². The second-order valence-corrected chi connectivity index (χ2v) is 10.2. The molecule has 0 aliphatic carbocycles. The number of thiophene rings is 1. The van der Waals surface area contributed by atoms with E-state index >= 15 is 0 Å². The lowest BCUT2D eigenvalue weighted by Crippen LogP contribution is -2.33. The van der Waals surface area contributed by atoms with Gasteiger partial charge in [-0.2, -0.15) is 5.10 Å². The van der Waals surface area contributed by atoms with Crippen molar-refractivity contribution in [3.8, 4) is 5.75 Å². The quantitative estimate of drug-likeness (QED) is 0.300. The minimum Gasteiger partial charge on any atom is -0.494 e. The summed E-state index contributed by atoms with van der Waals surface area (Å²) in [6, 6.07) is 17.5. The van der Waals surface area contributed by atoms with Gasteiger partial charge >= 0.3 is 0 Å². The normalized spacial score (nSPS) is 20.2. The van der Waals surface area contributed by atoms with E-state index in [2.05, 4.69) is 10.5 Å². The van der Waals surface area contributed by atoms with E-state index in [4.69, 9.17) is 21.1 Å². The molecule has 4 rings (SSSR count). The predicted molar refractivity (Wildman–Crippen MR) is 140 cm³/mol. The lowest BCUT2D eigenvalue weighted by atomic mass is 9.94. The number of aliphatic hydroxyl groups is 1. The number of nitrogens with zero attached hydrogens (tertiary/aromatic N) is 1. The van der Waals surface area contributed by atoms with E-state index in [-0.39, 0.29) is 12.0 Å². The molecule has 3 aromatic rings. The van der Waals surface area contributed by atoms with Crippen molar-refractivity contribution in [2.75, 3.05) is 6.61 Å². The van der Waals surface area contributed by atoms with Crippen molar-refractivity contribution in [3.05, 3.63) is 86.1 Å². The van der Waals surface area contributed by atoms with Crippen molar-refractivity contribution in [3.63, 3.8) is 0 Å². The fraction of sp³-hybridized carbons (Fsp3) is 0.333. The zero-order valence-corrected chi connectivity index (χ0v) is 21.3. The van der Waals surface area contributed by atoms with Crippen molar-refractivity contribution in [1.82, 2.24) is 5.43 Å². The van der Waals surface area contributed by atoms with Gasteiger partial charge in [0.25, 0.3) is 5.91 Å². The van der Waals surface area contributed by atoms with Crippen LogP contribution >= 0.6 is 22.9 Å². The molecule has 6 nitrogen and oxygen atoms in total. The molecule has 3 atom stereocenters. The Kier molecular flexibility index (Phi) is 8.57. The summed E-state index contributed by atoms with van der Waals surface area (Å²) in [5.41, 5.74) is 5.60. The number of amides is 1. The number of carbonyl (C=O) groups is 1. The van der Waals surface area contributed by atoms with Gasteiger partial charge in [-0.15, -0.1) is 11.3 Å². The van der Waals surface area contributed by atoms with E-state index in [1.807, 2.05) is 62.4 Å². The number of hydrogen-bond acceptors (Lipinski definition) is 6. The molecule has 1 amide bonds. The van der Waals surface area contributed by atoms with Crippen molar-refractivity contribution in [1.29, 1.82) is 0 Å². The van der Waals surface area contributed by atoms with Gasteiger partial charge < -0.3 is 14.6 Å². The molecule has 2 heterocycles. The van der Waals surface area contributed by atoms with E-state index in [1.165, 1.54) is 11.3 Å². The lowest BCUT2D eigenvalue weighted by Gasteiger charge is -2.32. The molecule has 0 saturated carbocycles. The SMILES string of the molecule is CCOc1ccc(Cc2cc(C3CC(O)CC(C=NNC(=O)c4ccc(C)s4)O3)ccc2Cl)cc1. The van der Waals surface area contributed by atoms with Gasteiger partial charge in [-0.25, -0.2) is 5.43 Å². The molecular weight excluding hydrogens is 484 g/mol. The van der Waals surface area contributed by atoms with Gasteiger partial charge in [0.2, 0.25) is 0 Å². The van der Waals surface area contributed by atoms with Crippen LogP contribution in [-0.4, -0.2) is 36.0 Å². The summed E-state index contributed by atoms with van der Waals surface area (Å²) in [6.45, 7) is 4.54. The number of hydrogen-bond donors (Lipinski definition) is 2. The predicted octanol–water partition coefficient (Wildman–Crippen LogP) is 5.70. The number of aryl methyl sites for hydroxylation is 1. The Bertz CT molecular complexity index is 1180. The zero-order chi connectivity index (χ0) is 24.8.